The van der Waals surface area contributed by atoms with Gasteiger partial charge in [0.2, 0.25) is 5.91 Å². The van der Waals surface area contributed by atoms with Gasteiger partial charge in [-0.3, -0.25) is 4.79 Å². The number of carbonyl (C=O) groups is 1. The fraction of sp³-hybridized carbons (Fsp3) is 0.182. The van der Waals surface area contributed by atoms with Crippen LogP contribution in [0.4, 0.5) is 0 Å². The van der Waals surface area contributed by atoms with Crippen LogP contribution in [0.25, 0.3) is 11.8 Å². The SMILES string of the molecule is CCC(NC(=O)/C=C/c1cnn(-c2ccccc2)c1)c1ccc(C)cc1. The Bertz CT molecular complexity index is 879. The normalized spacial score (nSPS) is 12.2. The Morgan fingerprint density at radius 1 is 1.15 bits per heavy atom. The number of hydrogen-bond acceptors (Lipinski definition) is 2. The van der Waals surface area contributed by atoms with Crippen LogP contribution in [-0.2, 0) is 4.79 Å². The van der Waals surface area contributed by atoms with E-state index in [1.165, 1.54) is 5.56 Å². The van der Waals surface area contributed by atoms with Crippen LogP contribution in [-0.4, -0.2) is 15.7 Å². The zero-order valence-electron chi connectivity index (χ0n) is 15.1. The second kappa shape index (κ2) is 8.30. The first-order chi connectivity index (χ1) is 12.7. The van der Waals surface area contributed by atoms with Crippen LogP contribution in [0.2, 0.25) is 0 Å². The first-order valence-corrected chi connectivity index (χ1v) is 8.81. The Labute approximate surface area is 154 Å². The lowest BCUT2D eigenvalue weighted by molar-refractivity contribution is -0.117. The van der Waals surface area contributed by atoms with Crippen LogP contribution >= 0.6 is 0 Å². The van der Waals surface area contributed by atoms with E-state index in [1.54, 1.807) is 23.0 Å². The van der Waals surface area contributed by atoms with Gasteiger partial charge in [0.05, 0.1) is 17.9 Å². The molecule has 1 aromatic heterocycles. The predicted octanol–water partition coefficient (Wildman–Crippen LogP) is 4.46. The smallest absolute Gasteiger partial charge is 0.244 e. The molecule has 4 heteroatoms. The van der Waals surface area contributed by atoms with Crippen molar-refractivity contribution < 1.29 is 4.79 Å². The van der Waals surface area contributed by atoms with E-state index in [0.717, 1.165) is 23.2 Å². The van der Waals surface area contributed by atoms with Gasteiger partial charge in [0.25, 0.3) is 0 Å². The minimum atomic E-state index is -0.107. The molecule has 3 rings (SSSR count). The fourth-order valence-electron chi connectivity index (χ4n) is 2.76. The number of aryl methyl sites for hydroxylation is 1. The highest BCUT2D eigenvalue weighted by atomic mass is 16.1. The van der Waals surface area contributed by atoms with E-state index in [9.17, 15) is 4.79 Å². The minimum Gasteiger partial charge on any atom is -0.346 e. The monoisotopic (exact) mass is 345 g/mol. The molecule has 0 aliphatic carbocycles. The van der Waals surface area contributed by atoms with Crippen molar-refractivity contribution in [2.75, 3.05) is 0 Å². The summed E-state index contributed by atoms with van der Waals surface area (Å²) in [5.74, 6) is -0.107. The quantitative estimate of drug-likeness (QED) is 0.671. The van der Waals surface area contributed by atoms with Gasteiger partial charge in [-0.05, 0) is 37.1 Å². The van der Waals surface area contributed by atoms with Crippen molar-refractivity contribution >= 4 is 12.0 Å². The summed E-state index contributed by atoms with van der Waals surface area (Å²) >= 11 is 0. The standard InChI is InChI=1S/C22H23N3O/c1-3-21(19-12-9-17(2)10-13-19)24-22(26)14-11-18-15-23-25(16-18)20-7-5-4-6-8-20/h4-16,21H,3H2,1-2H3,(H,24,26)/b14-11+. The molecule has 1 amide bonds. The summed E-state index contributed by atoms with van der Waals surface area (Å²) < 4.78 is 1.79. The topological polar surface area (TPSA) is 46.9 Å². The largest absolute Gasteiger partial charge is 0.346 e. The maximum Gasteiger partial charge on any atom is 0.244 e. The average Bonchev–Trinajstić information content (AvgIpc) is 3.15. The summed E-state index contributed by atoms with van der Waals surface area (Å²) in [4.78, 5) is 12.3. The molecule has 132 valence electrons. The average molecular weight is 345 g/mol. The van der Waals surface area contributed by atoms with Crippen LogP contribution in [0.5, 0.6) is 0 Å². The summed E-state index contributed by atoms with van der Waals surface area (Å²) in [5.41, 5.74) is 4.21. The number of hydrogen-bond donors (Lipinski definition) is 1. The molecule has 0 saturated carbocycles. The minimum absolute atomic E-state index is 0.0137. The molecule has 1 heterocycles. The first-order valence-electron chi connectivity index (χ1n) is 8.81. The van der Waals surface area contributed by atoms with E-state index in [2.05, 4.69) is 48.5 Å². The molecule has 1 unspecified atom stereocenters. The lowest BCUT2D eigenvalue weighted by Crippen LogP contribution is -2.26. The van der Waals surface area contributed by atoms with E-state index in [1.807, 2.05) is 36.5 Å². The highest BCUT2D eigenvalue weighted by molar-refractivity contribution is 5.91. The van der Waals surface area contributed by atoms with Gasteiger partial charge in [-0.25, -0.2) is 4.68 Å². The van der Waals surface area contributed by atoms with Gasteiger partial charge in [-0.2, -0.15) is 5.10 Å². The van der Waals surface area contributed by atoms with Crippen LogP contribution in [0.3, 0.4) is 0 Å². The number of benzene rings is 2. The van der Waals surface area contributed by atoms with Crippen LogP contribution < -0.4 is 5.32 Å². The Balaban J connectivity index is 1.64. The maximum atomic E-state index is 12.3. The van der Waals surface area contributed by atoms with E-state index in [-0.39, 0.29) is 11.9 Å². The summed E-state index contributed by atoms with van der Waals surface area (Å²) in [5, 5.41) is 7.39. The Kier molecular flexibility index (Phi) is 5.64. The van der Waals surface area contributed by atoms with Gasteiger partial charge in [0, 0.05) is 17.8 Å². The van der Waals surface area contributed by atoms with Crippen molar-refractivity contribution in [3.05, 3.63) is 89.8 Å². The lowest BCUT2D eigenvalue weighted by atomic mass is 10.0. The summed E-state index contributed by atoms with van der Waals surface area (Å²) in [6, 6.07) is 18.2. The van der Waals surface area contributed by atoms with Crippen molar-refractivity contribution in [1.29, 1.82) is 0 Å². The van der Waals surface area contributed by atoms with Gasteiger partial charge in [-0.15, -0.1) is 0 Å². The van der Waals surface area contributed by atoms with Crippen LogP contribution in [0.15, 0.2) is 73.1 Å². The first kappa shape index (κ1) is 17.7. The van der Waals surface area contributed by atoms with E-state index in [4.69, 9.17) is 0 Å². The number of aromatic nitrogens is 2. The van der Waals surface area contributed by atoms with E-state index >= 15 is 0 Å². The number of nitrogens with one attached hydrogen (secondary N) is 1. The van der Waals surface area contributed by atoms with Crippen LogP contribution in [0.1, 0.15) is 36.1 Å². The Morgan fingerprint density at radius 2 is 1.88 bits per heavy atom. The molecule has 1 atom stereocenters. The molecule has 4 nitrogen and oxygen atoms in total. The van der Waals surface area contributed by atoms with Gasteiger partial charge < -0.3 is 5.32 Å². The predicted molar refractivity (Wildman–Crippen MR) is 105 cm³/mol. The van der Waals surface area contributed by atoms with Crippen LogP contribution in [0, 0.1) is 6.92 Å². The zero-order chi connectivity index (χ0) is 18.4. The number of nitrogens with zero attached hydrogens (tertiary/aromatic N) is 2. The van der Waals surface area contributed by atoms with Crippen molar-refractivity contribution in [1.82, 2.24) is 15.1 Å². The third-order valence-electron chi connectivity index (χ3n) is 4.25. The third kappa shape index (κ3) is 4.48. The zero-order valence-corrected chi connectivity index (χ0v) is 15.1. The Hall–Kier alpha value is -3.14. The molecule has 0 radical (unpaired) electrons. The molecule has 0 fully saturated rings. The van der Waals surface area contributed by atoms with Crippen molar-refractivity contribution in [2.24, 2.45) is 0 Å². The number of para-hydroxylation sites is 1. The molecule has 3 aromatic rings. The van der Waals surface area contributed by atoms with Crippen molar-refractivity contribution in [2.45, 2.75) is 26.3 Å². The second-order valence-corrected chi connectivity index (χ2v) is 6.27. The number of rotatable bonds is 6. The Morgan fingerprint density at radius 3 is 2.58 bits per heavy atom. The summed E-state index contributed by atoms with van der Waals surface area (Å²) in [6.07, 6.45) is 7.83. The molecule has 26 heavy (non-hydrogen) atoms. The second-order valence-electron chi connectivity index (χ2n) is 6.27. The van der Waals surface area contributed by atoms with Gasteiger partial charge in [0.15, 0.2) is 0 Å². The highest BCUT2D eigenvalue weighted by Crippen LogP contribution is 2.17. The van der Waals surface area contributed by atoms with Gasteiger partial charge in [-0.1, -0.05) is 55.0 Å². The molecule has 0 saturated heterocycles. The van der Waals surface area contributed by atoms with Gasteiger partial charge in [0.1, 0.15) is 0 Å². The molecule has 2 aromatic carbocycles. The lowest BCUT2D eigenvalue weighted by Gasteiger charge is -2.16. The molecular formula is C22H23N3O. The fourth-order valence-corrected chi connectivity index (χ4v) is 2.76. The van der Waals surface area contributed by atoms with E-state index in [0.29, 0.717) is 0 Å². The highest BCUT2D eigenvalue weighted by Gasteiger charge is 2.10. The molecular weight excluding hydrogens is 322 g/mol. The summed E-state index contributed by atoms with van der Waals surface area (Å²) in [7, 11) is 0. The third-order valence-corrected chi connectivity index (χ3v) is 4.25. The molecule has 0 aliphatic rings. The molecule has 0 spiro atoms. The molecule has 0 bridgehead atoms. The maximum absolute atomic E-state index is 12.3. The summed E-state index contributed by atoms with van der Waals surface area (Å²) in [6.45, 7) is 4.13. The van der Waals surface area contributed by atoms with E-state index < -0.39 is 0 Å². The van der Waals surface area contributed by atoms with Crippen molar-refractivity contribution in [3.8, 4) is 5.69 Å². The van der Waals surface area contributed by atoms with Crippen molar-refractivity contribution in [3.63, 3.8) is 0 Å². The number of carbonyl (C=O) groups excluding carboxylic acids is 1. The molecule has 0 aliphatic heterocycles. The van der Waals surface area contributed by atoms with Gasteiger partial charge >= 0.3 is 0 Å². The number of amides is 1. The molecule has 1 N–H and O–H groups in total.